The van der Waals surface area contributed by atoms with Gasteiger partial charge in [0.05, 0.1) is 0 Å². The van der Waals surface area contributed by atoms with Gasteiger partial charge in [-0.15, -0.1) is 0 Å². The van der Waals surface area contributed by atoms with Crippen LogP contribution in [0.4, 0.5) is 0 Å². The third-order valence-corrected chi connectivity index (χ3v) is 14.8. The fraction of sp³-hybridized carbons (Fsp3) is 0.368. The number of hydrogen-bond acceptors (Lipinski definition) is 4. The summed E-state index contributed by atoms with van der Waals surface area (Å²) >= 11 is 12.6. The van der Waals surface area contributed by atoms with Crippen molar-refractivity contribution in [2.24, 2.45) is 0 Å². The van der Waals surface area contributed by atoms with Crippen molar-refractivity contribution < 1.29 is 0 Å². The summed E-state index contributed by atoms with van der Waals surface area (Å²) in [5.41, 5.74) is 4.05. The van der Waals surface area contributed by atoms with E-state index in [1.54, 1.807) is 35.5 Å². The average Bonchev–Trinajstić information content (AvgIpc) is 2.69. The van der Waals surface area contributed by atoms with E-state index in [0.717, 1.165) is 17.6 Å². The molecule has 2 rings (SSSR count). The molecule has 0 saturated carbocycles. The summed E-state index contributed by atoms with van der Waals surface area (Å²) in [6.45, 7) is 4.15. The zero-order valence-electron chi connectivity index (χ0n) is 17.6. The largest absolute Gasteiger partial charge is 0.305 e. The molecule has 168 valence electrons. The number of nitrogens with zero attached hydrogens (tertiary/aromatic N) is 2. The third kappa shape index (κ3) is 19.3. The standard InChI is InChI=1S/C10H15N.C9H12BrN.S8/c1-9-4-6-10(7-5-9)8-11(2)3;1-11(2)7-8-3-5-9(10)6-4-8;1-3-5-7-8-6-4-2/h4-7H,8H2,1-3H3;3-6H,7H2,1-2H3;. The smallest absolute Gasteiger partial charge is 0.0227 e. The van der Waals surface area contributed by atoms with E-state index in [2.05, 4.69) is 132 Å². The number of rotatable bonds is 4. The van der Waals surface area contributed by atoms with Crippen LogP contribution in [0.3, 0.4) is 0 Å². The zero-order chi connectivity index (χ0) is 22.8. The van der Waals surface area contributed by atoms with Crippen molar-refractivity contribution in [1.29, 1.82) is 0 Å². The summed E-state index contributed by atoms with van der Waals surface area (Å²) in [7, 11) is 17.4. The van der Waals surface area contributed by atoms with Gasteiger partial charge in [-0.25, -0.2) is 0 Å². The SMILES string of the molecule is CN(C)Cc1ccc(Br)cc1.Cc1ccc(CN(C)C)cc1.S=S=S=S=S=S=S=S. The van der Waals surface area contributed by atoms with Crippen molar-refractivity contribution in [1.82, 2.24) is 9.80 Å². The van der Waals surface area contributed by atoms with Crippen LogP contribution in [0.25, 0.3) is 0 Å². The Morgan fingerprint density at radius 2 is 1.03 bits per heavy atom. The Kier molecular flexibility index (Phi) is 20.6. The minimum absolute atomic E-state index is 1.01. The molecule has 0 amide bonds. The zero-order valence-corrected chi connectivity index (χ0v) is 25.7. The van der Waals surface area contributed by atoms with Crippen LogP contribution in [-0.2, 0) is 88.7 Å². The van der Waals surface area contributed by atoms with Crippen LogP contribution in [0.15, 0.2) is 53.0 Å². The molecule has 0 fully saturated rings. The maximum absolute atomic E-state index is 4.60. The molecule has 2 aromatic carbocycles. The number of halogens is 1. The van der Waals surface area contributed by atoms with Gasteiger partial charge in [-0.1, -0.05) is 57.9 Å². The summed E-state index contributed by atoms with van der Waals surface area (Å²) in [6, 6.07) is 17.0. The van der Waals surface area contributed by atoms with Crippen molar-refractivity contribution >= 4 is 91.6 Å². The lowest BCUT2D eigenvalue weighted by Gasteiger charge is -2.08. The van der Waals surface area contributed by atoms with Gasteiger partial charge in [0.15, 0.2) is 0 Å². The van der Waals surface area contributed by atoms with Gasteiger partial charge in [-0.2, -0.15) is 0 Å². The van der Waals surface area contributed by atoms with Gasteiger partial charge in [0, 0.05) is 93.2 Å². The Balaban J connectivity index is 0.000000428. The van der Waals surface area contributed by atoms with Gasteiger partial charge in [0.25, 0.3) is 0 Å². The van der Waals surface area contributed by atoms with E-state index in [1.807, 2.05) is 0 Å². The number of aryl methyl sites for hydroxylation is 1. The van der Waals surface area contributed by atoms with Gasteiger partial charge in [0.1, 0.15) is 0 Å². The van der Waals surface area contributed by atoms with Gasteiger partial charge >= 0.3 is 0 Å². The Bertz CT molecular complexity index is 891. The van der Waals surface area contributed by atoms with E-state index in [9.17, 15) is 0 Å². The molecule has 11 heteroatoms. The van der Waals surface area contributed by atoms with E-state index < -0.39 is 0 Å². The Labute approximate surface area is 217 Å². The second-order valence-corrected chi connectivity index (χ2v) is 18.0. The lowest BCUT2D eigenvalue weighted by Crippen LogP contribution is -2.10. The molecular formula is C19H27BrN2S8. The van der Waals surface area contributed by atoms with Crippen molar-refractivity contribution in [2.75, 3.05) is 28.2 Å². The first-order valence-electron chi connectivity index (χ1n) is 8.63. The summed E-state index contributed by atoms with van der Waals surface area (Å²) < 4.78 is 1.14. The second kappa shape index (κ2) is 20.2. The molecule has 2 aromatic rings. The molecule has 0 bridgehead atoms. The predicted octanol–water partition coefficient (Wildman–Crippen LogP) is 4.55. The molecular weight excluding hydrogens is 593 g/mol. The Morgan fingerprint density at radius 3 is 1.37 bits per heavy atom. The molecule has 0 aromatic heterocycles. The minimum atomic E-state index is 1.01. The molecule has 0 spiro atoms. The molecule has 0 heterocycles. The number of benzene rings is 2. The second-order valence-electron chi connectivity index (χ2n) is 6.50. The highest BCUT2D eigenvalue weighted by Gasteiger charge is 1.93. The highest BCUT2D eigenvalue weighted by atomic mass is 79.9. The Morgan fingerprint density at radius 1 is 0.667 bits per heavy atom. The quantitative estimate of drug-likeness (QED) is 0.496. The first-order valence-corrected chi connectivity index (χ1v) is 18.8. The van der Waals surface area contributed by atoms with Crippen LogP contribution >= 0.6 is 15.9 Å². The topological polar surface area (TPSA) is 6.48 Å². The van der Waals surface area contributed by atoms with Crippen molar-refractivity contribution in [3.8, 4) is 0 Å². The van der Waals surface area contributed by atoms with Crippen LogP contribution in [0.5, 0.6) is 0 Å². The van der Waals surface area contributed by atoms with Gasteiger partial charge in [0.2, 0.25) is 0 Å². The fourth-order valence-electron chi connectivity index (χ4n) is 2.06. The van der Waals surface area contributed by atoms with Crippen LogP contribution in [0.2, 0.25) is 0 Å². The highest BCUT2D eigenvalue weighted by Crippen LogP contribution is 2.11. The van der Waals surface area contributed by atoms with Gasteiger partial charge in [-0.05, 0) is 58.4 Å². The van der Waals surface area contributed by atoms with E-state index in [0.29, 0.717) is 0 Å². The van der Waals surface area contributed by atoms with Crippen molar-refractivity contribution in [2.45, 2.75) is 20.0 Å². The van der Waals surface area contributed by atoms with Gasteiger partial charge in [-0.3, -0.25) is 0 Å². The normalized spacial score (nSPS) is 9.47. The molecule has 0 atom stereocenters. The van der Waals surface area contributed by atoms with E-state index in [-0.39, 0.29) is 0 Å². The maximum atomic E-state index is 4.60. The van der Waals surface area contributed by atoms with Crippen LogP contribution in [0, 0.1) is 6.92 Å². The molecule has 0 unspecified atom stereocenters. The lowest BCUT2D eigenvalue weighted by molar-refractivity contribution is 0.402. The molecule has 0 aliphatic carbocycles. The van der Waals surface area contributed by atoms with Crippen LogP contribution < -0.4 is 0 Å². The molecule has 0 saturated heterocycles. The first-order chi connectivity index (χ1) is 14.3. The summed E-state index contributed by atoms with van der Waals surface area (Å²) in [6.07, 6.45) is 0. The summed E-state index contributed by atoms with van der Waals surface area (Å²) in [5, 5.41) is 0. The van der Waals surface area contributed by atoms with Crippen molar-refractivity contribution in [3.63, 3.8) is 0 Å². The molecule has 0 aliphatic rings. The Hall–Kier alpha value is 0.600. The van der Waals surface area contributed by atoms with E-state index in [4.69, 9.17) is 0 Å². The van der Waals surface area contributed by atoms with Gasteiger partial charge < -0.3 is 9.80 Å². The third-order valence-electron chi connectivity index (χ3n) is 3.17. The first kappa shape index (κ1) is 30.6. The predicted molar refractivity (Wildman–Crippen MR) is 159 cm³/mol. The van der Waals surface area contributed by atoms with E-state index in [1.165, 1.54) is 34.5 Å². The molecule has 0 radical (unpaired) electrons. The number of hydrogen-bond donors (Lipinski definition) is 0. The summed E-state index contributed by atoms with van der Waals surface area (Å²) in [4.78, 5) is 4.33. The van der Waals surface area contributed by atoms with Crippen LogP contribution in [0.1, 0.15) is 16.7 Å². The maximum Gasteiger partial charge on any atom is 0.0227 e. The monoisotopic (exact) mass is 618 g/mol. The highest BCUT2D eigenvalue weighted by molar-refractivity contribution is 9.10. The molecule has 2 nitrogen and oxygen atoms in total. The lowest BCUT2D eigenvalue weighted by atomic mass is 10.1. The average molecular weight is 620 g/mol. The van der Waals surface area contributed by atoms with Crippen molar-refractivity contribution in [3.05, 3.63) is 69.7 Å². The van der Waals surface area contributed by atoms with Crippen LogP contribution in [-0.4, -0.2) is 38.0 Å². The minimum Gasteiger partial charge on any atom is -0.305 e. The summed E-state index contributed by atoms with van der Waals surface area (Å²) in [5.74, 6) is 0. The molecule has 30 heavy (non-hydrogen) atoms. The molecule has 0 aliphatic heterocycles. The molecule has 0 N–H and O–H groups in total. The van der Waals surface area contributed by atoms with E-state index >= 15 is 0 Å². The fourth-order valence-corrected chi connectivity index (χ4v) is 13.3.